The van der Waals surface area contributed by atoms with Crippen LogP contribution in [0.25, 0.3) is 22.8 Å². The average molecular weight is 406 g/mol. The molecule has 0 radical (unpaired) electrons. The van der Waals surface area contributed by atoms with Crippen molar-refractivity contribution in [3.63, 3.8) is 0 Å². The molecular formula is C23H19FN2O4. The Morgan fingerprint density at radius 3 is 2.20 bits per heavy atom. The van der Waals surface area contributed by atoms with Crippen LogP contribution in [0.1, 0.15) is 5.56 Å². The zero-order valence-electron chi connectivity index (χ0n) is 16.5. The monoisotopic (exact) mass is 406 g/mol. The molecule has 0 bridgehead atoms. The van der Waals surface area contributed by atoms with Gasteiger partial charge in [0.2, 0.25) is 5.82 Å². The van der Waals surface area contributed by atoms with Crippen LogP contribution in [0.4, 0.5) is 4.39 Å². The van der Waals surface area contributed by atoms with Crippen molar-refractivity contribution in [3.05, 3.63) is 78.1 Å². The van der Waals surface area contributed by atoms with Crippen LogP contribution in [0.5, 0.6) is 17.2 Å². The highest BCUT2D eigenvalue weighted by Crippen LogP contribution is 2.30. The number of hydrogen-bond acceptors (Lipinski definition) is 6. The van der Waals surface area contributed by atoms with Gasteiger partial charge in [-0.15, -0.1) is 0 Å². The molecule has 0 atom stereocenters. The molecule has 30 heavy (non-hydrogen) atoms. The quantitative estimate of drug-likeness (QED) is 0.423. The van der Waals surface area contributed by atoms with Crippen LogP contribution in [-0.2, 0) is 6.61 Å². The van der Waals surface area contributed by atoms with E-state index in [1.165, 1.54) is 6.07 Å². The molecule has 0 aliphatic heterocycles. The lowest BCUT2D eigenvalue weighted by Gasteiger charge is -2.07. The Morgan fingerprint density at radius 1 is 0.833 bits per heavy atom. The summed E-state index contributed by atoms with van der Waals surface area (Å²) in [7, 11) is 3.15. The molecule has 0 unspecified atom stereocenters. The molecule has 0 saturated heterocycles. The van der Waals surface area contributed by atoms with Crippen molar-refractivity contribution < 1.29 is 23.1 Å². The topological polar surface area (TPSA) is 66.6 Å². The molecule has 0 aliphatic rings. The second kappa shape index (κ2) is 8.65. The number of halogens is 1. The van der Waals surface area contributed by atoms with Gasteiger partial charge in [0.05, 0.1) is 14.2 Å². The molecule has 0 spiro atoms. The highest BCUT2D eigenvalue weighted by Gasteiger charge is 2.13. The highest BCUT2D eigenvalue weighted by atomic mass is 19.1. The van der Waals surface area contributed by atoms with Gasteiger partial charge in [-0.1, -0.05) is 23.4 Å². The summed E-state index contributed by atoms with van der Waals surface area (Å²) in [6.07, 6.45) is 0. The fraction of sp³-hybridized carbons (Fsp3) is 0.130. The van der Waals surface area contributed by atoms with Gasteiger partial charge in [-0.2, -0.15) is 4.98 Å². The van der Waals surface area contributed by atoms with E-state index in [9.17, 15) is 4.39 Å². The third-order valence-corrected chi connectivity index (χ3v) is 4.49. The molecule has 152 valence electrons. The Labute approximate surface area is 172 Å². The lowest BCUT2D eigenvalue weighted by atomic mass is 10.2. The zero-order valence-corrected chi connectivity index (χ0v) is 16.5. The van der Waals surface area contributed by atoms with Gasteiger partial charge in [0.1, 0.15) is 29.7 Å². The van der Waals surface area contributed by atoms with Crippen LogP contribution < -0.4 is 14.2 Å². The van der Waals surface area contributed by atoms with Gasteiger partial charge in [-0.25, -0.2) is 4.39 Å². The SMILES string of the molecule is COc1cc(OC)cc(-c2nc(-c3ccc(OCc4ccccc4F)cc3)no2)c1. The van der Waals surface area contributed by atoms with E-state index in [4.69, 9.17) is 18.7 Å². The molecule has 7 heteroatoms. The molecule has 0 N–H and O–H groups in total. The number of hydrogen-bond donors (Lipinski definition) is 0. The highest BCUT2D eigenvalue weighted by molar-refractivity contribution is 5.63. The van der Waals surface area contributed by atoms with Gasteiger partial charge < -0.3 is 18.7 Å². The zero-order chi connectivity index (χ0) is 20.9. The van der Waals surface area contributed by atoms with E-state index < -0.39 is 0 Å². The molecular weight excluding hydrogens is 387 g/mol. The summed E-state index contributed by atoms with van der Waals surface area (Å²) in [6.45, 7) is 0.149. The van der Waals surface area contributed by atoms with Crippen molar-refractivity contribution in [1.82, 2.24) is 10.1 Å². The lowest BCUT2D eigenvalue weighted by molar-refractivity contribution is 0.300. The minimum atomic E-state index is -0.289. The molecule has 0 amide bonds. The normalized spacial score (nSPS) is 10.6. The van der Waals surface area contributed by atoms with E-state index in [0.717, 1.165) is 5.56 Å². The van der Waals surface area contributed by atoms with Crippen LogP contribution in [0.3, 0.4) is 0 Å². The van der Waals surface area contributed by atoms with E-state index in [2.05, 4.69) is 10.1 Å². The average Bonchev–Trinajstić information content (AvgIpc) is 3.29. The van der Waals surface area contributed by atoms with E-state index >= 15 is 0 Å². The van der Waals surface area contributed by atoms with Crippen molar-refractivity contribution in [3.8, 4) is 40.1 Å². The number of rotatable bonds is 7. The van der Waals surface area contributed by atoms with Crippen molar-refractivity contribution in [2.75, 3.05) is 14.2 Å². The fourth-order valence-corrected chi connectivity index (χ4v) is 2.87. The standard InChI is InChI=1S/C23H19FN2O4/c1-27-19-11-17(12-20(13-19)28-2)23-25-22(26-30-23)15-7-9-18(10-8-15)29-14-16-5-3-4-6-21(16)24/h3-13H,14H2,1-2H3. The maximum absolute atomic E-state index is 13.7. The first-order chi connectivity index (χ1) is 14.7. The van der Waals surface area contributed by atoms with Crippen LogP contribution in [0, 0.1) is 5.82 Å². The molecule has 6 nitrogen and oxygen atoms in total. The fourth-order valence-electron chi connectivity index (χ4n) is 2.87. The Hall–Kier alpha value is -3.87. The van der Waals surface area contributed by atoms with Gasteiger partial charge in [0.25, 0.3) is 5.89 Å². The summed E-state index contributed by atoms with van der Waals surface area (Å²) in [4.78, 5) is 4.46. The van der Waals surface area contributed by atoms with Gasteiger partial charge in [-0.05, 0) is 42.5 Å². The van der Waals surface area contributed by atoms with Crippen molar-refractivity contribution in [2.24, 2.45) is 0 Å². The van der Waals surface area contributed by atoms with Crippen LogP contribution in [-0.4, -0.2) is 24.4 Å². The van der Waals surface area contributed by atoms with E-state index in [1.807, 2.05) is 12.1 Å². The molecule has 3 aromatic carbocycles. The minimum Gasteiger partial charge on any atom is -0.497 e. The van der Waals surface area contributed by atoms with Gasteiger partial charge in [0, 0.05) is 22.8 Å². The maximum Gasteiger partial charge on any atom is 0.258 e. The van der Waals surface area contributed by atoms with Crippen molar-refractivity contribution >= 4 is 0 Å². The minimum absolute atomic E-state index is 0.149. The Balaban J connectivity index is 1.49. The third-order valence-electron chi connectivity index (χ3n) is 4.49. The Kier molecular flexibility index (Phi) is 5.61. The number of nitrogens with zero attached hydrogens (tertiary/aromatic N) is 2. The third kappa shape index (κ3) is 4.25. The number of aromatic nitrogens is 2. The largest absolute Gasteiger partial charge is 0.497 e. The van der Waals surface area contributed by atoms with E-state index in [1.54, 1.807) is 62.8 Å². The Bertz CT molecular complexity index is 1120. The summed E-state index contributed by atoms with van der Waals surface area (Å²) < 4.78 is 35.3. The molecule has 0 fully saturated rings. The predicted molar refractivity (Wildman–Crippen MR) is 109 cm³/mol. The first-order valence-electron chi connectivity index (χ1n) is 9.20. The first-order valence-corrected chi connectivity index (χ1v) is 9.20. The molecule has 0 aliphatic carbocycles. The summed E-state index contributed by atoms with van der Waals surface area (Å²) in [6, 6.07) is 19.1. The van der Waals surface area contributed by atoms with Crippen molar-refractivity contribution in [2.45, 2.75) is 6.61 Å². The second-order valence-corrected chi connectivity index (χ2v) is 6.43. The number of benzene rings is 3. The molecule has 1 aromatic heterocycles. The molecule has 4 rings (SSSR count). The van der Waals surface area contributed by atoms with Gasteiger partial charge in [-0.3, -0.25) is 0 Å². The Morgan fingerprint density at radius 2 is 1.53 bits per heavy atom. The summed E-state index contributed by atoms with van der Waals surface area (Å²) in [5.41, 5.74) is 1.95. The lowest BCUT2D eigenvalue weighted by Crippen LogP contribution is -1.98. The van der Waals surface area contributed by atoms with Crippen LogP contribution >= 0.6 is 0 Å². The van der Waals surface area contributed by atoms with Crippen LogP contribution in [0.2, 0.25) is 0 Å². The van der Waals surface area contributed by atoms with E-state index in [-0.39, 0.29) is 12.4 Å². The molecule has 0 saturated carbocycles. The smallest absolute Gasteiger partial charge is 0.258 e. The maximum atomic E-state index is 13.7. The summed E-state index contributed by atoms with van der Waals surface area (Å²) in [5, 5.41) is 4.05. The van der Waals surface area contributed by atoms with Gasteiger partial charge in [0.15, 0.2) is 0 Å². The molecule has 4 aromatic rings. The molecule has 1 heterocycles. The predicted octanol–water partition coefficient (Wildman–Crippen LogP) is 5.14. The number of methoxy groups -OCH3 is 2. The number of ether oxygens (including phenoxy) is 3. The summed E-state index contributed by atoms with van der Waals surface area (Å²) >= 11 is 0. The second-order valence-electron chi connectivity index (χ2n) is 6.43. The van der Waals surface area contributed by atoms with Gasteiger partial charge >= 0.3 is 0 Å². The van der Waals surface area contributed by atoms with Crippen molar-refractivity contribution in [1.29, 1.82) is 0 Å². The van der Waals surface area contributed by atoms with E-state index in [0.29, 0.717) is 40.1 Å². The van der Waals surface area contributed by atoms with Crippen LogP contribution in [0.15, 0.2) is 71.3 Å². The first kappa shape index (κ1) is 19.4. The summed E-state index contributed by atoms with van der Waals surface area (Å²) in [5.74, 6) is 2.36.